The normalized spacial score (nSPS) is 24.0. The second kappa shape index (κ2) is 5.50. The lowest BCUT2D eigenvalue weighted by atomic mass is 10.2. The smallest absolute Gasteiger partial charge is 0.410 e. The van der Waals surface area contributed by atoms with Crippen LogP contribution in [0.5, 0.6) is 0 Å². The van der Waals surface area contributed by atoms with E-state index < -0.39 is 24.2 Å². The summed E-state index contributed by atoms with van der Waals surface area (Å²) >= 11 is 0. The lowest BCUT2D eigenvalue weighted by Crippen LogP contribution is -2.41. The Kier molecular flexibility index (Phi) is 4.30. The van der Waals surface area contributed by atoms with Gasteiger partial charge in [0.2, 0.25) is 0 Å². The molecule has 1 N–H and O–H groups in total. The van der Waals surface area contributed by atoms with Crippen molar-refractivity contribution in [2.24, 2.45) is 0 Å². The van der Waals surface area contributed by atoms with Gasteiger partial charge in [-0.2, -0.15) is 0 Å². The Labute approximate surface area is 93.4 Å². The highest BCUT2D eigenvalue weighted by atomic mass is 16.6. The van der Waals surface area contributed by atoms with Crippen LogP contribution in [0.3, 0.4) is 0 Å². The highest BCUT2D eigenvalue weighted by Crippen LogP contribution is 2.19. The van der Waals surface area contributed by atoms with Crippen molar-refractivity contribution in [2.75, 3.05) is 20.3 Å². The molecule has 16 heavy (non-hydrogen) atoms. The first kappa shape index (κ1) is 12.5. The molecule has 0 saturated carbocycles. The minimum Gasteiger partial charge on any atom is -0.467 e. The number of rotatable bonds is 3. The van der Waals surface area contributed by atoms with Crippen molar-refractivity contribution in [1.82, 2.24) is 4.90 Å². The number of aliphatic hydroxyl groups is 1. The summed E-state index contributed by atoms with van der Waals surface area (Å²) in [4.78, 5) is 24.0. The van der Waals surface area contributed by atoms with Crippen molar-refractivity contribution >= 4 is 12.1 Å². The Morgan fingerprint density at radius 2 is 2.31 bits per heavy atom. The van der Waals surface area contributed by atoms with Crippen molar-refractivity contribution in [1.29, 1.82) is 0 Å². The summed E-state index contributed by atoms with van der Waals surface area (Å²) in [7, 11) is 1.24. The number of ether oxygens (including phenoxy) is 2. The molecule has 0 aliphatic carbocycles. The number of aliphatic hydroxyl groups excluding tert-OH is 1. The van der Waals surface area contributed by atoms with Gasteiger partial charge in [0.15, 0.2) is 0 Å². The zero-order valence-electron chi connectivity index (χ0n) is 9.09. The summed E-state index contributed by atoms with van der Waals surface area (Å²) in [5.41, 5.74) is 0. The highest BCUT2D eigenvalue weighted by Gasteiger charge is 2.40. The van der Waals surface area contributed by atoms with Gasteiger partial charge in [0.05, 0.1) is 19.8 Å². The molecule has 2 atom stereocenters. The van der Waals surface area contributed by atoms with Crippen LogP contribution in [0.1, 0.15) is 6.42 Å². The van der Waals surface area contributed by atoms with E-state index in [0.717, 1.165) is 0 Å². The van der Waals surface area contributed by atoms with Crippen molar-refractivity contribution in [2.45, 2.75) is 18.6 Å². The zero-order valence-corrected chi connectivity index (χ0v) is 9.09. The van der Waals surface area contributed by atoms with Gasteiger partial charge in [-0.1, -0.05) is 12.7 Å². The standard InChI is InChI=1S/C10H15NO5/c1-3-4-16-10(14)11-6-7(12)5-8(11)9(13)15-2/h3,7-8,12H,1,4-6H2,2H3/t7?,8-/m0/s1. The molecular weight excluding hydrogens is 214 g/mol. The molecule has 1 unspecified atom stereocenters. The first-order chi connectivity index (χ1) is 7.60. The number of esters is 1. The van der Waals surface area contributed by atoms with Crippen LogP contribution in [0.25, 0.3) is 0 Å². The number of carbonyl (C=O) groups excluding carboxylic acids is 2. The molecule has 6 heteroatoms. The maximum atomic E-state index is 11.5. The molecule has 1 heterocycles. The van der Waals surface area contributed by atoms with Crippen LogP contribution in [0.15, 0.2) is 12.7 Å². The van der Waals surface area contributed by atoms with Crippen LogP contribution in [0.2, 0.25) is 0 Å². The van der Waals surface area contributed by atoms with Gasteiger partial charge >= 0.3 is 12.1 Å². The lowest BCUT2D eigenvalue weighted by Gasteiger charge is -2.21. The molecule has 6 nitrogen and oxygen atoms in total. The minimum atomic E-state index is -0.766. The SMILES string of the molecule is C=CCOC(=O)N1CC(O)C[C@H]1C(=O)OC. The second-order valence-electron chi connectivity index (χ2n) is 3.45. The largest absolute Gasteiger partial charge is 0.467 e. The molecule has 90 valence electrons. The Morgan fingerprint density at radius 3 is 2.88 bits per heavy atom. The van der Waals surface area contributed by atoms with Crippen LogP contribution >= 0.6 is 0 Å². The Hall–Kier alpha value is -1.56. The molecule has 0 aromatic carbocycles. The Balaban J connectivity index is 2.65. The highest BCUT2D eigenvalue weighted by molar-refractivity contribution is 5.82. The molecule has 0 aromatic heterocycles. The third-order valence-corrected chi connectivity index (χ3v) is 2.31. The van der Waals surface area contributed by atoms with Crippen molar-refractivity contribution in [3.8, 4) is 0 Å². The predicted molar refractivity (Wildman–Crippen MR) is 54.7 cm³/mol. The van der Waals surface area contributed by atoms with Gasteiger partial charge in [-0.15, -0.1) is 0 Å². The summed E-state index contributed by atoms with van der Waals surface area (Å²) in [5.74, 6) is -0.549. The van der Waals surface area contributed by atoms with Gasteiger partial charge in [-0.25, -0.2) is 9.59 Å². The Morgan fingerprint density at radius 1 is 1.62 bits per heavy atom. The van der Waals surface area contributed by atoms with Gasteiger partial charge in [0.1, 0.15) is 12.6 Å². The van der Waals surface area contributed by atoms with E-state index in [4.69, 9.17) is 4.74 Å². The summed E-state index contributed by atoms with van der Waals surface area (Å²) in [6.45, 7) is 3.56. The lowest BCUT2D eigenvalue weighted by molar-refractivity contribution is -0.145. The topological polar surface area (TPSA) is 76.1 Å². The number of carbonyl (C=O) groups is 2. The fraction of sp³-hybridized carbons (Fsp3) is 0.600. The summed E-state index contributed by atoms with van der Waals surface area (Å²) < 4.78 is 9.35. The minimum absolute atomic E-state index is 0.0688. The maximum absolute atomic E-state index is 11.5. The van der Waals surface area contributed by atoms with Gasteiger partial charge in [0.25, 0.3) is 0 Å². The fourth-order valence-electron chi connectivity index (χ4n) is 1.59. The molecule has 0 aromatic rings. The van der Waals surface area contributed by atoms with Gasteiger partial charge in [0, 0.05) is 6.42 Å². The molecule has 1 fully saturated rings. The van der Waals surface area contributed by atoms with E-state index in [1.807, 2.05) is 0 Å². The van der Waals surface area contributed by atoms with E-state index in [1.54, 1.807) is 0 Å². The number of β-amino-alcohol motifs (C(OH)–C–C–N with tert-alkyl or cyclic N) is 1. The monoisotopic (exact) mass is 229 g/mol. The summed E-state index contributed by atoms with van der Waals surface area (Å²) in [5, 5.41) is 9.41. The Bertz CT molecular complexity index is 291. The predicted octanol–water partition coefficient (Wildman–Crippen LogP) is -0.0828. The fourth-order valence-corrected chi connectivity index (χ4v) is 1.59. The van der Waals surface area contributed by atoms with Crippen LogP contribution in [0.4, 0.5) is 4.79 Å². The van der Waals surface area contributed by atoms with E-state index in [1.165, 1.54) is 18.1 Å². The molecule has 1 rings (SSSR count). The molecule has 0 radical (unpaired) electrons. The van der Waals surface area contributed by atoms with Crippen LogP contribution in [-0.4, -0.2) is 54.5 Å². The molecule has 1 saturated heterocycles. The molecular formula is C10H15NO5. The van der Waals surface area contributed by atoms with Crippen LogP contribution in [-0.2, 0) is 14.3 Å². The number of hydrogen-bond acceptors (Lipinski definition) is 5. The van der Waals surface area contributed by atoms with Gasteiger partial charge in [-0.3, -0.25) is 4.90 Å². The van der Waals surface area contributed by atoms with Crippen molar-refractivity contribution < 1.29 is 24.2 Å². The number of likely N-dealkylation sites (tertiary alicyclic amines) is 1. The molecule has 0 bridgehead atoms. The van der Waals surface area contributed by atoms with E-state index in [9.17, 15) is 14.7 Å². The van der Waals surface area contributed by atoms with Crippen LogP contribution in [0, 0.1) is 0 Å². The van der Waals surface area contributed by atoms with E-state index in [2.05, 4.69) is 11.3 Å². The first-order valence-corrected chi connectivity index (χ1v) is 4.90. The summed E-state index contributed by atoms with van der Waals surface area (Å²) in [6.07, 6.45) is 0.236. The molecule has 1 aliphatic heterocycles. The molecule has 1 amide bonds. The first-order valence-electron chi connectivity index (χ1n) is 4.90. The molecule has 1 aliphatic rings. The van der Waals surface area contributed by atoms with Crippen molar-refractivity contribution in [3.05, 3.63) is 12.7 Å². The number of methoxy groups -OCH3 is 1. The van der Waals surface area contributed by atoms with Crippen LogP contribution < -0.4 is 0 Å². The van der Waals surface area contributed by atoms with E-state index in [0.29, 0.717) is 0 Å². The quantitative estimate of drug-likeness (QED) is 0.541. The van der Waals surface area contributed by atoms with E-state index in [-0.39, 0.29) is 19.6 Å². The number of nitrogens with zero attached hydrogens (tertiary/aromatic N) is 1. The number of amides is 1. The van der Waals surface area contributed by atoms with Crippen molar-refractivity contribution in [3.63, 3.8) is 0 Å². The third kappa shape index (κ3) is 2.73. The number of hydrogen-bond donors (Lipinski definition) is 1. The third-order valence-electron chi connectivity index (χ3n) is 2.31. The van der Waals surface area contributed by atoms with Gasteiger partial charge in [-0.05, 0) is 0 Å². The van der Waals surface area contributed by atoms with E-state index >= 15 is 0 Å². The molecule has 0 spiro atoms. The zero-order chi connectivity index (χ0) is 12.1. The average Bonchev–Trinajstić information content (AvgIpc) is 2.67. The van der Waals surface area contributed by atoms with Gasteiger partial charge < -0.3 is 14.6 Å². The summed E-state index contributed by atoms with van der Waals surface area (Å²) in [6, 6.07) is -0.766. The average molecular weight is 229 g/mol. The maximum Gasteiger partial charge on any atom is 0.410 e. The second-order valence-corrected chi connectivity index (χ2v) is 3.45.